The zero-order valence-corrected chi connectivity index (χ0v) is 11.7. The van der Waals surface area contributed by atoms with Gasteiger partial charge in [-0.2, -0.15) is 0 Å². The molecule has 1 fully saturated rings. The van der Waals surface area contributed by atoms with Crippen molar-refractivity contribution in [3.8, 4) is 10.7 Å². The maximum Gasteiger partial charge on any atom is 0.326 e. The van der Waals surface area contributed by atoms with Crippen molar-refractivity contribution in [2.24, 2.45) is 5.92 Å². The second-order valence-electron chi connectivity index (χ2n) is 4.76. The number of carboxylic acid groups (broad SMARTS) is 1. The molecule has 0 aliphatic heterocycles. The number of nitrogens with zero attached hydrogens (tertiary/aromatic N) is 3. The van der Waals surface area contributed by atoms with Crippen molar-refractivity contribution >= 4 is 23.2 Å². The average molecular weight is 304 g/mol. The average Bonchev–Trinajstić information content (AvgIpc) is 3.20. The van der Waals surface area contributed by atoms with Gasteiger partial charge in [0.05, 0.1) is 6.20 Å². The lowest BCUT2D eigenvalue weighted by Gasteiger charge is -2.12. The maximum absolute atomic E-state index is 12.1. The van der Waals surface area contributed by atoms with Crippen molar-refractivity contribution in [1.82, 2.24) is 20.3 Å². The standard InChI is InChI=1S/C13H12N4O3S/c18-11(17-10(13(19)20)7-1-2-7)9-6-21-12(16-9)8-5-14-3-4-15-8/h3-7,10H,1-2H2,(H,17,18)(H,19,20). The summed E-state index contributed by atoms with van der Waals surface area (Å²) in [5, 5.41) is 13.8. The SMILES string of the molecule is O=C(NC(C(=O)O)C1CC1)c1csc(-c2cnccn2)n1. The van der Waals surface area contributed by atoms with Gasteiger partial charge in [0.1, 0.15) is 22.4 Å². The summed E-state index contributed by atoms with van der Waals surface area (Å²) in [6.45, 7) is 0. The molecule has 8 heteroatoms. The second-order valence-corrected chi connectivity index (χ2v) is 5.61. The molecule has 2 heterocycles. The first-order valence-corrected chi connectivity index (χ1v) is 7.28. The van der Waals surface area contributed by atoms with Crippen molar-refractivity contribution < 1.29 is 14.7 Å². The fourth-order valence-corrected chi connectivity index (χ4v) is 2.69. The highest BCUT2D eigenvalue weighted by molar-refractivity contribution is 7.13. The van der Waals surface area contributed by atoms with E-state index in [1.165, 1.54) is 11.3 Å². The van der Waals surface area contributed by atoms with Crippen molar-refractivity contribution in [3.05, 3.63) is 29.7 Å². The van der Waals surface area contributed by atoms with Crippen LogP contribution in [0.4, 0.5) is 0 Å². The van der Waals surface area contributed by atoms with E-state index >= 15 is 0 Å². The summed E-state index contributed by atoms with van der Waals surface area (Å²) in [6, 6.07) is -0.834. The Morgan fingerprint density at radius 3 is 2.81 bits per heavy atom. The molecule has 1 unspecified atom stereocenters. The van der Waals surface area contributed by atoms with Gasteiger partial charge in [0.15, 0.2) is 0 Å². The van der Waals surface area contributed by atoms with Crippen LogP contribution in [0.2, 0.25) is 0 Å². The molecule has 0 aromatic carbocycles. The van der Waals surface area contributed by atoms with Crippen molar-refractivity contribution in [3.63, 3.8) is 0 Å². The van der Waals surface area contributed by atoms with Crippen molar-refractivity contribution in [2.45, 2.75) is 18.9 Å². The lowest BCUT2D eigenvalue weighted by atomic mass is 10.2. The molecule has 0 radical (unpaired) electrons. The molecule has 21 heavy (non-hydrogen) atoms. The highest BCUT2D eigenvalue weighted by atomic mass is 32.1. The first-order chi connectivity index (χ1) is 10.1. The van der Waals surface area contributed by atoms with Gasteiger partial charge in [-0.1, -0.05) is 0 Å². The van der Waals surface area contributed by atoms with E-state index in [1.807, 2.05) is 0 Å². The molecule has 7 nitrogen and oxygen atoms in total. The summed E-state index contributed by atoms with van der Waals surface area (Å²) in [5.74, 6) is -1.44. The van der Waals surface area contributed by atoms with Gasteiger partial charge in [0.2, 0.25) is 0 Å². The number of hydrogen-bond donors (Lipinski definition) is 2. The van der Waals surface area contributed by atoms with Crippen LogP contribution in [0.3, 0.4) is 0 Å². The van der Waals surface area contributed by atoms with Gasteiger partial charge in [0, 0.05) is 17.8 Å². The van der Waals surface area contributed by atoms with E-state index in [1.54, 1.807) is 24.0 Å². The fourth-order valence-electron chi connectivity index (χ4n) is 1.93. The van der Waals surface area contributed by atoms with E-state index in [0.717, 1.165) is 12.8 Å². The van der Waals surface area contributed by atoms with E-state index in [9.17, 15) is 9.59 Å². The van der Waals surface area contributed by atoms with E-state index in [-0.39, 0.29) is 11.6 Å². The summed E-state index contributed by atoms with van der Waals surface area (Å²) in [6.07, 6.45) is 6.32. The molecule has 1 aliphatic rings. The molecule has 0 saturated heterocycles. The summed E-state index contributed by atoms with van der Waals surface area (Å²) < 4.78 is 0. The Kier molecular flexibility index (Phi) is 3.61. The number of nitrogens with one attached hydrogen (secondary N) is 1. The second kappa shape index (κ2) is 5.57. The molecule has 2 aromatic rings. The quantitative estimate of drug-likeness (QED) is 0.859. The summed E-state index contributed by atoms with van der Waals surface area (Å²) in [7, 11) is 0. The number of carboxylic acids is 1. The van der Waals surface area contributed by atoms with Gasteiger partial charge in [-0.3, -0.25) is 14.8 Å². The van der Waals surface area contributed by atoms with Crippen LogP contribution in [-0.2, 0) is 4.79 Å². The van der Waals surface area contributed by atoms with Crippen LogP contribution in [0, 0.1) is 5.92 Å². The smallest absolute Gasteiger partial charge is 0.326 e. The van der Waals surface area contributed by atoms with E-state index in [2.05, 4.69) is 20.3 Å². The topological polar surface area (TPSA) is 105 Å². The number of aliphatic carboxylic acids is 1. The highest BCUT2D eigenvalue weighted by Gasteiger charge is 2.37. The van der Waals surface area contributed by atoms with E-state index in [4.69, 9.17) is 5.11 Å². The predicted octanol–water partition coefficient (Wildman–Crippen LogP) is 1.19. The Labute approximate surface area is 124 Å². The van der Waals surface area contributed by atoms with Crippen molar-refractivity contribution in [1.29, 1.82) is 0 Å². The lowest BCUT2D eigenvalue weighted by molar-refractivity contribution is -0.139. The number of carbonyl (C=O) groups is 2. The molecular weight excluding hydrogens is 292 g/mol. The minimum absolute atomic E-state index is 0.0320. The number of thiazole rings is 1. The molecule has 3 rings (SSSR count). The molecule has 2 aromatic heterocycles. The van der Waals surface area contributed by atoms with Crippen LogP contribution >= 0.6 is 11.3 Å². The monoisotopic (exact) mass is 304 g/mol. The largest absolute Gasteiger partial charge is 0.480 e. The van der Waals surface area contributed by atoms with Gasteiger partial charge in [-0.15, -0.1) is 11.3 Å². The number of carbonyl (C=O) groups excluding carboxylic acids is 1. The number of rotatable bonds is 5. The Hall–Kier alpha value is -2.35. The van der Waals surface area contributed by atoms with Crippen LogP contribution in [0.5, 0.6) is 0 Å². The Balaban J connectivity index is 1.73. The minimum atomic E-state index is -1.00. The van der Waals surface area contributed by atoms with Crippen LogP contribution < -0.4 is 5.32 Å². The number of hydrogen-bond acceptors (Lipinski definition) is 6. The number of amides is 1. The lowest BCUT2D eigenvalue weighted by Crippen LogP contribution is -2.42. The Morgan fingerprint density at radius 2 is 2.19 bits per heavy atom. The van der Waals surface area contributed by atoms with Gasteiger partial charge in [0.25, 0.3) is 5.91 Å². The van der Waals surface area contributed by atoms with Gasteiger partial charge in [-0.25, -0.2) is 9.78 Å². The summed E-state index contributed by atoms with van der Waals surface area (Å²) in [4.78, 5) is 35.4. The molecule has 1 amide bonds. The highest BCUT2D eigenvalue weighted by Crippen LogP contribution is 2.33. The number of aromatic nitrogens is 3. The predicted molar refractivity (Wildman–Crippen MR) is 74.8 cm³/mol. The molecule has 2 N–H and O–H groups in total. The molecule has 1 aliphatic carbocycles. The van der Waals surface area contributed by atoms with Crippen LogP contribution in [0.25, 0.3) is 10.7 Å². The molecule has 0 bridgehead atoms. The third kappa shape index (κ3) is 3.05. The zero-order valence-electron chi connectivity index (χ0n) is 10.9. The third-order valence-corrected chi connectivity index (χ3v) is 4.03. The summed E-state index contributed by atoms with van der Waals surface area (Å²) in [5.41, 5.74) is 0.783. The van der Waals surface area contributed by atoms with Crippen LogP contribution in [0.1, 0.15) is 23.3 Å². The van der Waals surface area contributed by atoms with Gasteiger partial charge in [-0.05, 0) is 18.8 Å². The van der Waals surface area contributed by atoms with E-state index in [0.29, 0.717) is 10.7 Å². The Morgan fingerprint density at radius 1 is 1.38 bits per heavy atom. The fraction of sp³-hybridized carbons (Fsp3) is 0.308. The van der Waals surface area contributed by atoms with Crippen molar-refractivity contribution in [2.75, 3.05) is 0 Å². The molecule has 108 valence electrons. The molecule has 0 spiro atoms. The van der Waals surface area contributed by atoms with Gasteiger partial charge < -0.3 is 10.4 Å². The summed E-state index contributed by atoms with van der Waals surface area (Å²) >= 11 is 1.27. The Bertz CT molecular complexity index is 669. The maximum atomic E-state index is 12.1. The first kappa shape index (κ1) is 13.6. The van der Waals surface area contributed by atoms with Crippen LogP contribution in [0.15, 0.2) is 24.0 Å². The molecule has 1 atom stereocenters. The normalized spacial score (nSPS) is 15.4. The molecular formula is C13H12N4O3S. The van der Waals surface area contributed by atoms with E-state index < -0.39 is 17.9 Å². The zero-order chi connectivity index (χ0) is 14.8. The van der Waals surface area contributed by atoms with Gasteiger partial charge >= 0.3 is 5.97 Å². The third-order valence-electron chi connectivity index (χ3n) is 3.17. The van der Waals surface area contributed by atoms with Crippen LogP contribution in [-0.4, -0.2) is 38.0 Å². The molecule has 1 saturated carbocycles. The first-order valence-electron chi connectivity index (χ1n) is 6.40. The minimum Gasteiger partial charge on any atom is -0.480 e.